The second-order valence-corrected chi connectivity index (χ2v) is 8.30. The van der Waals surface area contributed by atoms with Crippen molar-refractivity contribution in [2.24, 2.45) is 0 Å². The molecular weight excluding hydrogens is 400 g/mol. The number of ether oxygens (including phenoxy) is 1. The highest BCUT2D eigenvalue weighted by Gasteiger charge is 2.47. The number of rotatable bonds is 6. The molecule has 2 amide bonds. The van der Waals surface area contributed by atoms with Gasteiger partial charge in [-0.25, -0.2) is 0 Å². The van der Waals surface area contributed by atoms with Crippen LogP contribution in [0.1, 0.15) is 40.9 Å². The van der Waals surface area contributed by atoms with Crippen LogP contribution in [-0.4, -0.2) is 24.5 Å². The van der Waals surface area contributed by atoms with Crippen LogP contribution in [0.2, 0.25) is 0 Å². The molecule has 0 aromatic heterocycles. The van der Waals surface area contributed by atoms with Gasteiger partial charge in [0, 0.05) is 24.2 Å². The third-order valence-corrected chi connectivity index (χ3v) is 6.18. The van der Waals surface area contributed by atoms with Crippen molar-refractivity contribution in [3.8, 4) is 5.75 Å². The Bertz CT molecular complexity index is 1120. The number of aryl methyl sites for hydroxylation is 1. The summed E-state index contributed by atoms with van der Waals surface area (Å²) in [5.41, 5.74) is 3.36. The van der Waals surface area contributed by atoms with Crippen molar-refractivity contribution >= 4 is 17.5 Å². The first-order chi connectivity index (χ1) is 15.5. The fourth-order valence-corrected chi connectivity index (χ4v) is 4.26. The fourth-order valence-electron chi connectivity index (χ4n) is 4.26. The minimum atomic E-state index is -1.05. The highest BCUT2D eigenvalue weighted by atomic mass is 16.5. The van der Waals surface area contributed by atoms with E-state index < -0.39 is 5.54 Å². The summed E-state index contributed by atoms with van der Waals surface area (Å²) in [6, 6.07) is 23.0. The average Bonchev–Trinajstić information content (AvgIpc) is 2.83. The number of hydrogen-bond donors (Lipinski definition) is 1. The average molecular weight is 429 g/mol. The maximum Gasteiger partial charge on any atom is 0.259 e. The van der Waals surface area contributed by atoms with Gasteiger partial charge in [0.15, 0.2) is 0 Å². The van der Waals surface area contributed by atoms with Gasteiger partial charge < -0.3 is 10.1 Å². The maximum atomic E-state index is 13.6. The molecule has 1 aliphatic rings. The lowest BCUT2D eigenvalue weighted by Crippen LogP contribution is -2.63. The van der Waals surface area contributed by atoms with Gasteiger partial charge in [0.1, 0.15) is 11.3 Å². The molecule has 0 radical (unpaired) electrons. The van der Waals surface area contributed by atoms with Crippen LogP contribution in [0.5, 0.6) is 5.75 Å². The van der Waals surface area contributed by atoms with Crippen molar-refractivity contribution in [3.05, 3.63) is 95.1 Å². The summed E-state index contributed by atoms with van der Waals surface area (Å²) in [6.45, 7) is 4.31. The molecule has 3 aromatic carbocycles. The van der Waals surface area contributed by atoms with Crippen LogP contribution in [0, 0.1) is 0 Å². The van der Waals surface area contributed by atoms with Gasteiger partial charge in [-0.1, -0.05) is 49.4 Å². The van der Waals surface area contributed by atoms with E-state index in [2.05, 4.69) is 12.2 Å². The molecule has 0 fully saturated rings. The molecule has 1 aliphatic heterocycles. The zero-order chi connectivity index (χ0) is 22.7. The second kappa shape index (κ2) is 8.87. The SMILES string of the molecule is CCc1ccc(N2C(=O)c3ccccc3CC2(C)C(=O)NCc2ccc(OC)cc2)cc1. The van der Waals surface area contributed by atoms with Gasteiger partial charge in [0.05, 0.1) is 7.11 Å². The normalized spacial score (nSPS) is 17.6. The van der Waals surface area contributed by atoms with E-state index in [1.54, 1.807) is 12.0 Å². The maximum absolute atomic E-state index is 13.6. The number of carbonyl (C=O) groups is 2. The van der Waals surface area contributed by atoms with E-state index in [4.69, 9.17) is 4.74 Å². The Kier molecular flexibility index (Phi) is 5.99. The Labute approximate surface area is 189 Å². The molecule has 0 saturated heterocycles. The molecule has 0 aliphatic carbocycles. The summed E-state index contributed by atoms with van der Waals surface area (Å²) in [5, 5.41) is 3.05. The first kappa shape index (κ1) is 21.6. The van der Waals surface area contributed by atoms with Gasteiger partial charge in [-0.3, -0.25) is 14.5 Å². The van der Waals surface area contributed by atoms with Crippen LogP contribution < -0.4 is 15.0 Å². The third kappa shape index (κ3) is 3.98. The summed E-state index contributed by atoms with van der Waals surface area (Å²) < 4.78 is 5.20. The summed E-state index contributed by atoms with van der Waals surface area (Å²) >= 11 is 0. The highest BCUT2D eigenvalue weighted by molar-refractivity contribution is 6.14. The summed E-state index contributed by atoms with van der Waals surface area (Å²) in [4.78, 5) is 28.8. The third-order valence-electron chi connectivity index (χ3n) is 6.18. The van der Waals surface area contributed by atoms with E-state index in [9.17, 15) is 9.59 Å². The number of benzene rings is 3. The van der Waals surface area contributed by atoms with Crippen LogP contribution in [0.4, 0.5) is 5.69 Å². The highest BCUT2D eigenvalue weighted by Crippen LogP contribution is 2.35. The van der Waals surface area contributed by atoms with E-state index in [1.807, 2.05) is 79.7 Å². The summed E-state index contributed by atoms with van der Waals surface area (Å²) in [5.74, 6) is 0.428. The minimum absolute atomic E-state index is 0.154. The number of hydrogen-bond acceptors (Lipinski definition) is 3. The minimum Gasteiger partial charge on any atom is -0.497 e. The molecule has 1 atom stereocenters. The van der Waals surface area contributed by atoms with Crippen molar-refractivity contribution in [3.63, 3.8) is 0 Å². The molecule has 0 saturated carbocycles. The Morgan fingerprint density at radius 3 is 2.31 bits per heavy atom. The van der Waals surface area contributed by atoms with E-state index in [-0.39, 0.29) is 11.8 Å². The molecule has 1 unspecified atom stereocenters. The Morgan fingerprint density at radius 2 is 1.66 bits per heavy atom. The smallest absolute Gasteiger partial charge is 0.259 e. The van der Waals surface area contributed by atoms with Crippen molar-refractivity contribution in [2.45, 2.75) is 38.8 Å². The molecule has 0 spiro atoms. The second-order valence-electron chi connectivity index (χ2n) is 8.30. The number of amides is 2. The quantitative estimate of drug-likeness (QED) is 0.627. The van der Waals surface area contributed by atoms with Gasteiger partial charge in [0.25, 0.3) is 5.91 Å². The molecule has 3 aromatic rings. The Hall–Kier alpha value is -3.60. The molecule has 1 heterocycles. The number of methoxy groups -OCH3 is 1. The zero-order valence-electron chi connectivity index (χ0n) is 18.7. The molecular formula is C27H28N2O3. The lowest BCUT2D eigenvalue weighted by atomic mass is 9.82. The van der Waals surface area contributed by atoms with Crippen LogP contribution in [0.25, 0.3) is 0 Å². The van der Waals surface area contributed by atoms with Crippen LogP contribution in [-0.2, 0) is 24.2 Å². The van der Waals surface area contributed by atoms with E-state index >= 15 is 0 Å². The number of carbonyl (C=O) groups excluding carboxylic acids is 2. The topological polar surface area (TPSA) is 58.6 Å². The number of nitrogens with one attached hydrogen (secondary N) is 1. The molecule has 0 bridgehead atoms. The lowest BCUT2D eigenvalue weighted by molar-refractivity contribution is -0.126. The predicted octanol–water partition coefficient (Wildman–Crippen LogP) is 4.54. The monoisotopic (exact) mass is 428 g/mol. The van der Waals surface area contributed by atoms with Crippen LogP contribution in [0.15, 0.2) is 72.8 Å². The number of fused-ring (bicyclic) bond motifs is 1. The molecule has 1 N–H and O–H groups in total. The van der Waals surface area contributed by atoms with Gasteiger partial charge in [-0.05, 0) is 60.4 Å². The number of nitrogens with zero attached hydrogens (tertiary/aromatic N) is 1. The van der Waals surface area contributed by atoms with Gasteiger partial charge in [0.2, 0.25) is 5.91 Å². The van der Waals surface area contributed by atoms with Crippen molar-refractivity contribution in [2.75, 3.05) is 12.0 Å². The lowest BCUT2D eigenvalue weighted by Gasteiger charge is -2.44. The van der Waals surface area contributed by atoms with Crippen LogP contribution in [0.3, 0.4) is 0 Å². The molecule has 164 valence electrons. The van der Waals surface area contributed by atoms with Gasteiger partial charge >= 0.3 is 0 Å². The van der Waals surface area contributed by atoms with Crippen molar-refractivity contribution in [1.29, 1.82) is 0 Å². The first-order valence-electron chi connectivity index (χ1n) is 10.9. The fraction of sp³-hybridized carbons (Fsp3) is 0.259. The van der Waals surface area contributed by atoms with Gasteiger partial charge in [-0.2, -0.15) is 0 Å². The van der Waals surface area contributed by atoms with E-state index in [0.29, 0.717) is 18.5 Å². The summed E-state index contributed by atoms with van der Waals surface area (Å²) in [7, 11) is 1.62. The first-order valence-corrected chi connectivity index (χ1v) is 10.9. The Balaban J connectivity index is 1.66. The van der Waals surface area contributed by atoms with Crippen molar-refractivity contribution in [1.82, 2.24) is 5.32 Å². The standard InChI is InChI=1S/C27H28N2O3/c1-4-19-9-13-22(14-10-19)29-25(30)24-8-6-5-7-21(24)17-27(29,2)26(31)28-18-20-11-15-23(32-3)16-12-20/h5-16H,4,17-18H2,1-3H3,(H,28,31). The molecule has 32 heavy (non-hydrogen) atoms. The zero-order valence-corrected chi connectivity index (χ0v) is 18.7. The molecule has 5 heteroatoms. The predicted molar refractivity (Wildman–Crippen MR) is 126 cm³/mol. The molecule has 5 nitrogen and oxygen atoms in total. The summed E-state index contributed by atoms with van der Waals surface area (Å²) in [6.07, 6.45) is 1.36. The number of anilines is 1. The largest absolute Gasteiger partial charge is 0.497 e. The van der Waals surface area contributed by atoms with Crippen molar-refractivity contribution < 1.29 is 14.3 Å². The molecule has 4 rings (SSSR count). The van der Waals surface area contributed by atoms with Gasteiger partial charge in [-0.15, -0.1) is 0 Å². The Morgan fingerprint density at radius 1 is 1.00 bits per heavy atom. The van der Waals surface area contributed by atoms with E-state index in [0.717, 1.165) is 29.0 Å². The van der Waals surface area contributed by atoms with Crippen LogP contribution >= 0.6 is 0 Å². The van der Waals surface area contributed by atoms with E-state index in [1.165, 1.54) is 5.56 Å².